The maximum Gasteiger partial charge on any atom is 0.274 e. The number of ether oxygens (including phenoxy) is 1. The number of nitrogens with zero attached hydrogens (tertiary/aromatic N) is 5. The second-order valence-corrected chi connectivity index (χ2v) is 16.5. The number of carbonyl (C=O) groups excluding carboxylic acids is 4. The molecule has 4 heterocycles. The highest BCUT2D eigenvalue weighted by atomic mass is 16.5. The molecule has 2 fully saturated rings. The number of piperazine rings is 1. The summed E-state index contributed by atoms with van der Waals surface area (Å²) in [4.78, 5) is 64.7. The third-order valence-electron chi connectivity index (χ3n) is 11.2. The summed E-state index contributed by atoms with van der Waals surface area (Å²) in [5.74, 6) is 1.66. The third-order valence-corrected chi connectivity index (χ3v) is 11.2. The van der Waals surface area contributed by atoms with Crippen molar-refractivity contribution in [1.82, 2.24) is 35.6 Å². The van der Waals surface area contributed by atoms with Gasteiger partial charge in [0.25, 0.3) is 5.91 Å². The molecular formula is C45H55N9O6. The summed E-state index contributed by atoms with van der Waals surface area (Å²) >= 11 is 0. The fourth-order valence-corrected chi connectivity index (χ4v) is 7.69. The summed E-state index contributed by atoms with van der Waals surface area (Å²) < 4.78 is 5.68. The van der Waals surface area contributed by atoms with Crippen LogP contribution < -0.4 is 25.6 Å². The Morgan fingerprint density at radius 2 is 1.78 bits per heavy atom. The second-order valence-electron chi connectivity index (χ2n) is 16.5. The standard InChI is InChI=1S/C45H55N9O6/c1-8-30-12-14-31(15-13-30)29(3)47-43(58)38-25-33(55)27-54(38)44(59)41(45(4,5)6)50-40(56)19-21-52-22-23-53(26-28(52)2)32-16-17-36(39(24-32)60-7)49-42(57)37-11-9-10-34(48-37)35-18-20-46-51-35/h1,9-18,20,24,28-29,33,38,41,55H,19,21-23,25-27H2,2-7H3,(H,46,51)(H,47,58)(H,49,57)(H,50,56)/t28-,29+,33-,38+,41-/m1/s1. The van der Waals surface area contributed by atoms with Gasteiger partial charge in [0.15, 0.2) is 0 Å². The van der Waals surface area contributed by atoms with Crippen LogP contribution in [0.5, 0.6) is 5.75 Å². The molecule has 15 nitrogen and oxygen atoms in total. The largest absolute Gasteiger partial charge is 0.494 e. The number of nitrogens with one attached hydrogen (secondary N) is 4. The number of hydrogen-bond acceptors (Lipinski definition) is 10. The molecule has 2 saturated heterocycles. The number of pyridine rings is 1. The van der Waals surface area contributed by atoms with Gasteiger partial charge in [-0.25, -0.2) is 4.98 Å². The van der Waals surface area contributed by atoms with Crippen molar-refractivity contribution in [3.05, 3.63) is 89.7 Å². The van der Waals surface area contributed by atoms with Gasteiger partial charge in [-0.2, -0.15) is 5.10 Å². The first-order valence-electron chi connectivity index (χ1n) is 20.3. The Bertz CT molecular complexity index is 2200. The number of β-amino-alcohol motifs (C(OH)–C–C–N with tert-alkyl or cyclic N) is 1. The molecule has 4 aromatic rings. The van der Waals surface area contributed by atoms with Crippen molar-refractivity contribution in [2.45, 2.75) is 77.7 Å². The lowest BCUT2D eigenvalue weighted by molar-refractivity contribution is -0.144. The molecule has 0 saturated carbocycles. The van der Waals surface area contributed by atoms with E-state index in [1.165, 1.54) is 4.90 Å². The Balaban J connectivity index is 1.02. The van der Waals surface area contributed by atoms with Gasteiger partial charge in [0, 0.05) is 75.1 Å². The summed E-state index contributed by atoms with van der Waals surface area (Å²) in [6, 6.07) is 17.9. The summed E-state index contributed by atoms with van der Waals surface area (Å²) in [7, 11) is 1.56. The van der Waals surface area contributed by atoms with Crippen molar-refractivity contribution < 1.29 is 29.0 Å². The van der Waals surface area contributed by atoms with Crippen LogP contribution in [0.1, 0.15) is 75.1 Å². The number of anilines is 2. The van der Waals surface area contributed by atoms with Crippen LogP contribution in [0.25, 0.3) is 11.4 Å². The van der Waals surface area contributed by atoms with E-state index < -0.39 is 29.5 Å². The first-order chi connectivity index (χ1) is 28.6. The van der Waals surface area contributed by atoms with Gasteiger partial charge in [-0.15, -0.1) is 6.42 Å². The van der Waals surface area contributed by atoms with Crippen molar-refractivity contribution in [3.63, 3.8) is 0 Å². The normalized spacial score (nSPS) is 19.2. The average molecular weight is 818 g/mol. The van der Waals surface area contributed by atoms with Crippen molar-refractivity contribution in [2.75, 3.05) is 50.1 Å². The maximum atomic E-state index is 14.1. The number of aromatic amines is 1. The molecular weight excluding hydrogens is 763 g/mol. The quantitative estimate of drug-likeness (QED) is 0.124. The van der Waals surface area contributed by atoms with Crippen LogP contribution in [0.3, 0.4) is 0 Å². The van der Waals surface area contributed by atoms with Crippen molar-refractivity contribution in [2.24, 2.45) is 5.41 Å². The van der Waals surface area contributed by atoms with Gasteiger partial charge < -0.3 is 35.6 Å². The van der Waals surface area contributed by atoms with Crippen LogP contribution in [0.4, 0.5) is 11.4 Å². The fourth-order valence-electron chi connectivity index (χ4n) is 7.69. The predicted octanol–water partition coefficient (Wildman–Crippen LogP) is 3.98. The molecule has 60 heavy (non-hydrogen) atoms. The van der Waals surface area contributed by atoms with Gasteiger partial charge in [-0.05, 0) is 67.3 Å². The number of aliphatic hydroxyl groups excluding tert-OH is 1. The van der Waals surface area contributed by atoms with E-state index in [9.17, 15) is 24.3 Å². The third kappa shape index (κ3) is 10.3. The number of amides is 4. The zero-order valence-electron chi connectivity index (χ0n) is 35.1. The Hall–Kier alpha value is -6.24. The molecule has 2 aliphatic heterocycles. The zero-order valence-corrected chi connectivity index (χ0v) is 35.1. The SMILES string of the molecule is C#Cc1ccc([C@H](C)NC(=O)[C@@H]2C[C@@H](O)CN2C(=O)[C@@H](NC(=O)CCN2CCN(c3ccc(NC(=O)c4cccc(-c5cc[nH]n5)n4)c(OC)c3)C[C@H]2C)C(C)(C)C)cc1. The van der Waals surface area contributed by atoms with Gasteiger partial charge >= 0.3 is 0 Å². The molecule has 15 heteroatoms. The molecule has 0 bridgehead atoms. The lowest BCUT2D eigenvalue weighted by atomic mass is 9.85. The molecule has 0 aliphatic carbocycles. The number of carbonyl (C=O) groups is 4. The van der Waals surface area contributed by atoms with Crippen LogP contribution in [0, 0.1) is 17.8 Å². The van der Waals surface area contributed by atoms with E-state index in [1.54, 1.807) is 49.7 Å². The Kier molecular flexibility index (Phi) is 13.6. The molecule has 0 unspecified atom stereocenters. The Morgan fingerprint density at radius 1 is 1.02 bits per heavy atom. The summed E-state index contributed by atoms with van der Waals surface area (Å²) in [6.45, 7) is 12.1. The summed E-state index contributed by atoms with van der Waals surface area (Å²) in [6.07, 6.45) is 6.58. The van der Waals surface area contributed by atoms with Crippen LogP contribution >= 0.6 is 0 Å². The lowest BCUT2D eigenvalue weighted by Crippen LogP contribution is -2.58. The fraction of sp³-hybridized carbons (Fsp3) is 0.422. The first kappa shape index (κ1) is 43.3. The molecule has 5 atom stereocenters. The highest BCUT2D eigenvalue weighted by Crippen LogP contribution is 2.32. The first-order valence-corrected chi connectivity index (χ1v) is 20.3. The highest BCUT2D eigenvalue weighted by Gasteiger charge is 2.44. The maximum absolute atomic E-state index is 14.1. The molecule has 2 aliphatic rings. The van der Waals surface area contributed by atoms with Gasteiger partial charge in [0.2, 0.25) is 17.7 Å². The van der Waals surface area contributed by atoms with E-state index >= 15 is 0 Å². The van der Waals surface area contributed by atoms with Crippen LogP contribution in [0.2, 0.25) is 0 Å². The molecule has 2 aromatic carbocycles. The number of likely N-dealkylation sites (tertiary alicyclic amines) is 1. The van der Waals surface area contributed by atoms with Gasteiger partial charge in [-0.1, -0.05) is 44.9 Å². The summed E-state index contributed by atoms with van der Waals surface area (Å²) in [5.41, 5.74) is 3.83. The monoisotopic (exact) mass is 817 g/mol. The number of benzene rings is 2. The number of terminal acetylenes is 1. The molecule has 0 radical (unpaired) electrons. The lowest BCUT2D eigenvalue weighted by Gasteiger charge is -2.41. The Morgan fingerprint density at radius 3 is 2.45 bits per heavy atom. The van der Waals surface area contributed by atoms with Crippen molar-refractivity contribution in [1.29, 1.82) is 0 Å². The van der Waals surface area contributed by atoms with E-state index in [-0.39, 0.29) is 54.9 Å². The molecule has 4 amide bonds. The number of H-pyrrole nitrogens is 1. The van der Waals surface area contributed by atoms with Gasteiger partial charge in [-0.3, -0.25) is 29.2 Å². The molecule has 0 spiro atoms. The second kappa shape index (κ2) is 18.8. The smallest absolute Gasteiger partial charge is 0.274 e. The number of hydrogen-bond donors (Lipinski definition) is 5. The zero-order chi connectivity index (χ0) is 43.1. The van der Waals surface area contributed by atoms with E-state index in [4.69, 9.17) is 11.2 Å². The number of methoxy groups -OCH3 is 1. The molecule has 6 rings (SSSR count). The highest BCUT2D eigenvalue weighted by molar-refractivity contribution is 6.04. The topological polar surface area (TPSA) is 185 Å². The number of aromatic nitrogens is 3. The van der Waals surface area contributed by atoms with E-state index in [0.29, 0.717) is 49.0 Å². The van der Waals surface area contributed by atoms with E-state index in [1.807, 2.05) is 58.0 Å². The van der Waals surface area contributed by atoms with Crippen LogP contribution in [-0.2, 0) is 14.4 Å². The minimum Gasteiger partial charge on any atom is -0.494 e. The number of aliphatic hydroxyl groups is 1. The van der Waals surface area contributed by atoms with Gasteiger partial charge in [0.05, 0.1) is 30.6 Å². The predicted molar refractivity (Wildman–Crippen MR) is 229 cm³/mol. The minimum atomic E-state index is -0.917. The minimum absolute atomic E-state index is 0.00516. The van der Waals surface area contributed by atoms with E-state index in [0.717, 1.165) is 16.8 Å². The molecule has 316 valence electrons. The number of rotatable bonds is 13. The van der Waals surface area contributed by atoms with Crippen LogP contribution in [0.15, 0.2) is 72.9 Å². The molecule has 5 N–H and O–H groups in total. The van der Waals surface area contributed by atoms with Crippen molar-refractivity contribution in [3.8, 4) is 29.5 Å². The van der Waals surface area contributed by atoms with Crippen molar-refractivity contribution >= 4 is 35.0 Å². The van der Waals surface area contributed by atoms with Crippen LogP contribution in [-0.4, -0.2) is 118 Å². The summed E-state index contributed by atoms with van der Waals surface area (Å²) in [5, 5.41) is 26.4. The van der Waals surface area contributed by atoms with Gasteiger partial charge in [0.1, 0.15) is 29.2 Å². The average Bonchev–Trinajstić information content (AvgIpc) is 3.92. The van der Waals surface area contributed by atoms with E-state index in [2.05, 4.69) is 53.8 Å². The Labute approximate surface area is 351 Å². The molecule has 2 aromatic heterocycles.